The summed E-state index contributed by atoms with van der Waals surface area (Å²) in [5.41, 5.74) is 6.05. The molecule has 0 saturated heterocycles. The average molecular weight is 304 g/mol. The highest BCUT2D eigenvalue weighted by Crippen LogP contribution is 2.29. The molecule has 0 unspecified atom stereocenters. The van der Waals surface area contributed by atoms with Gasteiger partial charge in [-0.3, -0.25) is 4.79 Å². The van der Waals surface area contributed by atoms with Crippen LogP contribution in [0.2, 0.25) is 0 Å². The number of rotatable bonds is 4. The minimum absolute atomic E-state index is 0.0104. The van der Waals surface area contributed by atoms with Gasteiger partial charge in [0.25, 0.3) is 5.91 Å². The molecule has 1 saturated carbocycles. The van der Waals surface area contributed by atoms with E-state index in [-0.39, 0.29) is 5.91 Å². The fraction of sp³-hybridized carbons (Fsp3) is 0.588. The van der Waals surface area contributed by atoms with Crippen LogP contribution in [0, 0.1) is 23.7 Å². The van der Waals surface area contributed by atoms with E-state index in [1.165, 1.54) is 37.0 Å². The van der Waals surface area contributed by atoms with E-state index < -0.39 is 0 Å². The summed E-state index contributed by atoms with van der Waals surface area (Å²) in [7, 11) is 0. The number of carbonyl (C=O) groups is 1. The standard InChI is InChI=1S/C17H24N2OS/c1-13-4-6-14(7-5-13)8-10-19-17(20)15-11-16(21-12-15)3-2-9-18/h11-14H,4-10,18H2,1H3,(H,19,20). The molecule has 0 bridgehead atoms. The smallest absolute Gasteiger partial charge is 0.252 e. The third-order valence-corrected chi connectivity index (χ3v) is 4.99. The van der Waals surface area contributed by atoms with Gasteiger partial charge in [0.15, 0.2) is 0 Å². The monoisotopic (exact) mass is 304 g/mol. The Morgan fingerprint density at radius 2 is 2.19 bits per heavy atom. The molecule has 1 amide bonds. The average Bonchev–Trinajstić information content (AvgIpc) is 2.96. The predicted molar refractivity (Wildman–Crippen MR) is 88.3 cm³/mol. The first kappa shape index (κ1) is 16.1. The van der Waals surface area contributed by atoms with Gasteiger partial charge >= 0.3 is 0 Å². The minimum Gasteiger partial charge on any atom is -0.352 e. The van der Waals surface area contributed by atoms with E-state index in [1.807, 2.05) is 11.4 Å². The van der Waals surface area contributed by atoms with Crippen molar-refractivity contribution in [3.8, 4) is 11.8 Å². The summed E-state index contributed by atoms with van der Waals surface area (Å²) in [6.07, 6.45) is 6.41. The number of thiophene rings is 1. The van der Waals surface area contributed by atoms with Crippen molar-refractivity contribution in [2.24, 2.45) is 17.6 Å². The third-order valence-electron chi connectivity index (χ3n) is 4.15. The highest BCUT2D eigenvalue weighted by Gasteiger charge is 2.18. The highest BCUT2D eigenvalue weighted by molar-refractivity contribution is 7.10. The van der Waals surface area contributed by atoms with Crippen molar-refractivity contribution in [2.45, 2.75) is 39.0 Å². The lowest BCUT2D eigenvalue weighted by atomic mass is 9.81. The first-order chi connectivity index (χ1) is 10.2. The number of amides is 1. The Hall–Kier alpha value is -1.31. The normalized spacial score (nSPS) is 21.4. The Morgan fingerprint density at radius 3 is 2.90 bits per heavy atom. The molecular formula is C17H24N2OS. The molecule has 21 heavy (non-hydrogen) atoms. The van der Waals surface area contributed by atoms with Crippen molar-refractivity contribution in [2.75, 3.05) is 13.1 Å². The molecule has 1 fully saturated rings. The maximum Gasteiger partial charge on any atom is 0.252 e. The molecule has 2 rings (SSSR count). The number of nitrogens with one attached hydrogen (secondary N) is 1. The lowest BCUT2D eigenvalue weighted by Crippen LogP contribution is -2.26. The summed E-state index contributed by atoms with van der Waals surface area (Å²) in [5.74, 6) is 7.44. The summed E-state index contributed by atoms with van der Waals surface area (Å²) in [6, 6.07) is 1.84. The predicted octanol–water partition coefficient (Wildman–Crippen LogP) is 3.00. The van der Waals surface area contributed by atoms with Crippen molar-refractivity contribution in [1.29, 1.82) is 0 Å². The third kappa shape index (κ3) is 5.18. The molecule has 1 heterocycles. The van der Waals surface area contributed by atoms with E-state index in [1.54, 1.807) is 0 Å². The lowest BCUT2D eigenvalue weighted by Gasteiger charge is -2.26. The van der Waals surface area contributed by atoms with Gasteiger partial charge in [-0.2, -0.15) is 0 Å². The van der Waals surface area contributed by atoms with Crippen molar-refractivity contribution >= 4 is 17.2 Å². The van der Waals surface area contributed by atoms with Crippen LogP contribution in [-0.4, -0.2) is 19.0 Å². The summed E-state index contributed by atoms with van der Waals surface area (Å²) in [6.45, 7) is 3.46. The van der Waals surface area contributed by atoms with Crippen LogP contribution in [0.4, 0.5) is 0 Å². The van der Waals surface area contributed by atoms with E-state index in [0.29, 0.717) is 12.1 Å². The zero-order valence-corrected chi connectivity index (χ0v) is 13.5. The second-order valence-corrected chi connectivity index (χ2v) is 6.79. The molecule has 0 radical (unpaired) electrons. The SMILES string of the molecule is CC1CCC(CCNC(=O)c2csc(C#CCN)c2)CC1. The quantitative estimate of drug-likeness (QED) is 0.840. The molecule has 0 aliphatic heterocycles. The van der Waals surface area contributed by atoms with Crippen molar-refractivity contribution in [1.82, 2.24) is 5.32 Å². The van der Waals surface area contributed by atoms with E-state index in [2.05, 4.69) is 24.1 Å². The number of hydrogen-bond acceptors (Lipinski definition) is 3. The largest absolute Gasteiger partial charge is 0.352 e. The Balaban J connectivity index is 1.73. The highest BCUT2D eigenvalue weighted by atomic mass is 32.1. The van der Waals surface area contributed by atoms with Gasteiger partial charge in [0.2, 0.25) is 0 Å². The molecule has 1 aliphatic rings. The first-order valence-corrected chi connectivity index (χ1v) is 8.62. The van der Waals surface area contributed by atoms with E-state index in [9.17, 15) is 4.79 Å². The second-order valence-electron chi connectivity index (χ2n) is 5.88. The Kier molecular flexibility index (Phi) is 6.28. The van der Waals surface area contributed by atoms with Gasteiger partial charge in [-0.05, 0) is 24.3 Å². The Bertz CT molecular complexity index is 518. The molecule has 1 aliphatic carbocycles. The van der Waals surface area contributed by atoms with Crippen LogP contribution in [0.3, 0.4) is 0 Å². The number of nitrogens with two attached hydrogens (primary N) is 1. The van der Waals surface area contributed by atoms with Gasteiger partial charge in [0.05, 0.1) is 17.0 Å². The van der Waals surface area contributed by atoms with E-state index in [4.69, 9.17) is 5.73 Å². The number of hydrogen-bond donors (Lipinski definition) is 2. The van der Waals surface area contributed by atoms with Crippen LogP contribution in [0.1, 0.15) is 54.3 Å². The minimum atomic E-state index is 0.0104. The van der Waals surface area contributed by atoms with Gasteiger partial charge in [-0.15, -0.1) is 11.3 Å². The summed E-state index contributed by atoms with van der Waals surface area (Å²) < 4.78 is 0. The van der Waals surface area contributed by atoms with Gasteiger partial charge in [0, 0.05) is 11.9 Å². The summed E-state index contributed by atoms with van der Waals surface area (Å²) >= 11 is 1.49. The molecule has 0 atom stereocenters. The molecule has 0 aromatic carbocycles. The van der Waals surface area contributed by atoms with Crippen molar-refractivity contribution in [3.63, 3.8) is 0 Å². The Labute approximate surface area is 131 Å². The van der Waals surface area contributed by atoms with Crippen LogP contribution in [0.15, 0.2) is 11.4 Å². The van der Waals surface area contributed by atoms with Crippen molar-refractivity contribution < 1.29 is 4.79 Å². The van der Waals surface area contributed by atoms with Crippen LogP contribution in [0.25, 0.3) is 0 Å². The zero-order chi connectivity index (χ0) is 15.1. The van der Waals surface area contributed by atoms with Crippen LogP contribution < -0.4 is 11.1 Å². The molecule has 3 nitrogen and oxygen atoms in total. The Morgan fingerprint density at radius 1 is 1.43 bits per heavy atom. The summed E-state index contributed by atoms with van der Waals surface area (Å²) in [5, 5.41) is 4.88. The summed E-state index contributed by atoms with van der Waals surface area (Å²) in [4.78, 5) is 12.9. The molecule has 0 spiro atoms. The number of carbonyl (C=O) groups excluding carboxylic acids is 1. The van der Waals surface area contributed by atoms with Gasteiger partial charge < -0.3 is 11.1 Å². The van der Waals surface area contributed by atoms with Crippen molar-refractivity contribution in [3.05, 3.63) is 21.9 Å². The molecule has 3 N–H and O–H groups in total. The maximum absolute atomic E-state index is 12.0. The second kappa shape index (κ2) is 8.21. The molecular weight excluding hydrogens is 280 g/mol. The van der Waals surface area contributed by atoms with E-state index >= 15 is 0 Å². The molecule has 4 heteroatoms. The zero-order valence-electron chi connectivity index (χ0n) is 12.7. The van der Waals surface area contributed by atoms with Crippen LogP contribution in [0.5, 0.6) is 0 Å². The van der Waals surface area contributed by atoms with Gasteiger partial charge in [-0.1, -0.05) is 44.4 Å². The van der Waals surface area contributed by atoms with E-state index in [0.717, 1.165) is 29.7 Å². The lowest BCUT2D eigenvalue weighted by molar-refractivity contribution is 0.0950. The van der Waals surface area contributed by atoms with Gasteiger partial charge in [-0.25, -0.2) is 0 Å². The fourth-order valence-electron chi connectivity index (χ4n) is 2.77. The van der Waals surface area contributed by atoms with Gasteiger partial charge in [0.1, 0.15) is 0 Å². The molecule has 1 aromatic rings. The molecule has 1 aromatic heterocycles. The fourth-order valence-corrected chi connectivity index (χ4v) is 3.52. The first-order valence-electron chi connectivity index (χ1n) is 7.74. The maximum atomic E-state index is 12.0. The topological polar surface area (TPSA) is 55.1 Å². The van der Waals surface area contributed by atoms with Crippen LogP contribution >= 0.6 is 11.3 Å². The molecule has 114 valence electrons. The van der Waals surface area contributed by atoms with Crippen LogP contribution in [-0.2, 0) is 0 Å².